The summed E-state index contributed by atoms with van der Waals surface area (Å²) in [5.74, 6) is 0.958. The third-order valence-electron chi connectivity index (χ3n) is 3.37. The lowest BCUT2D eigenvalue weighted by Gasteiger charge is -2.50. The molecule has 0 unspecified atom stereocenters. The third kappa shape index (κ3) is 2.05. The lowest BCUT2D eigenvalue weighted by atomic mass is 9.91. The van der Waals surface area contributed by atoms with Crippen molar-refractivity contribution < 1.29 is 0 Å². The normalized spacial score (nSPS) is 27.0. The largest absolute Gasteiger partial charge is 0.303 e. The van der Waals surface area contributed by atoms with E-state index in [0.29, 0.717) is 5.54 Å². The SMILES string of the molecule is CC(C)(C)N1CC(CN2CCC2)C1. The third-order valence-corrected chi connectivity index (χ3v) is 3.37. The monoisotopic (exact) mass is 182 g/mol. The molecular weight excluding hydrogens is 160 g/mol. The average molecular weight is 182 g/mol. The van der Waals surface area contributed by atoms with E-state index in [-0.39, 0.29) is 0 Å². The van der Waals surface area contributed by atoms with Crippen molar-refractivity contribution in [2.45, 2.75) is 32.7 Å². The smallest absolute Gasteiger partial charge is 0.0125 e. The maximum Gasteiger partial charge on any atom is 0.0125 e. The van der Waals surface area contributed by atoms with Crippen LogP contribution in [0.5, 0.6) is 0 Å². The minimum atomic E-state index is 0.394. The molecule has 0 radical (unpaired) electrons. The van der Waals surface area contributed by atoms with Crippen molar-refractivity contribution in [3.05, 3.63) is 0 Å². The van der Waals surface area contributed by atoms with Crippen molar-refractivity contribution in [3.8, 4) is 0 Å². The van der Waals surface area contributed by atoms with Gasteiger partial charge in [-0.05, 0) is 46.2 Å². The molecule has 0 atom stereocenters. The Kier molecular flexibility index (Phi) is 2.37. The Morgan fingerprint density at radius 3 is 2.15 bits per heavy atom. The molecule has 0 saturated carbocycles. The Morgan fingerprint density at radius 1 is 1.15 bits per heavy atom. The Bertz CT molecular complexity index is 173. The summed E-state index contributed by atoms with van der Waals surface area (Å²) in [5.41, 5.74) is 0.394. The van der Waals surface area contributed by atoms with Crippen molar-refractivity contribution in [1.29, 1.82) is 0 Å². The Labute approximate surface area is 81.9 Å². The second kappa shape index (κ2) is 3.25. The van der Waals surface area contributed by atoms with Gasteiger partial charge in [0.2, 0.25) is 0 Å². The Hall–Kier alpha value is -0.0800. The Morgan fingerprint density at radius 2 is 1.77 bits per heavy atom. The first-order valence-electron chi connectivity index (χ1n) is 5.53. The molecule has 0 aromatic carbocycles. The fraction of sp³-hybridized carbons (Fsp3) is 1.00. The molecule has 0 N–H and O–H groups in total. The van der Waals surface area contributed by atoms with Crippen molar-refractivity contribution >= 4 is 0 Å². The molecule has 2 fully saturated rings. The lowest BCUT2D eigenvalue weighted by molar-refractivity contribution is -0.0106. The van der Waals surface area contributed by atoms with Gasteiger partial charge in [0.05, 0.1) is 0 Å². The molecule has 2 rings (SSSR count). The van der Waals surface area contributed by atoms with Crippen LogP contribution in [-0.4, -0.2) is 48.1 Å². The summed E-state index contributed by atoms with van der Waals surface area (Å²) in [4.78, 5) is 5.17. The molecule has 2 heteroatoms. The van der Waals surface area contributed by atoms with Gasteiger partial charge in [0, 0.05) is 25.2 Å². The zero-order valence-electron chi connectivity index (χ0n) is 9.21. The molecule has 0 amide bonds. The van der Waals surface area contributed by atoms with Gasteiger partial charge in [-0.2, -0.15) is 0 Å². The summed E-state index contributed by atoms with van der Waals surface area (Å²) in [6, 6.07) is 0. The molecular formula is C11H22N2. The summed E-state index contributed by atoms with van der Waals surface area (Å²) in [6.45, 7) is 13.6. The highest BCUT2D eigenvalue weighted by Gasteiger charge is 2.35. The molecule has 2 saturated heterocycles. The molecule has 2 aliphatic heterocycles. The summed E-state index contributed by atoms with van der Waals surface area (Å²) >= 11 is 0. The van der Waals surface area contributed by atoms with Gasteiger partial charge in [-0.15, -0.1) is 0 Å². The second-order valence-corrected chi connectivity index (χ2v) is 5.60. The molecule has 0 bridgehead atoms. The summed E-state index contributed by atoms with van der Waals surface area (Å²) < 4.78 is 0. The van der Waals surface area contributed by atoms with Crippen LogP contribution < -0.4 is 0 Å². The first-order chi connectivity index (χ1) is 6.05. The standard InChI is InChI=1S/C11H22N2/c1-11(2,3)13-8-10(9-13)7-12-5-4-6-12/h10H,4-9H2,1-3H3. The number of rotatable bonds is 2. The van der Waals surface area contributed by atoms with Crippen molar-refractivity contribution in [1.82, 2.24) is 9.80 Å². The van der Waals surface area contributed by atoms with Crippen LogP contribution in [0.15, 0.2) is 0 Å². The zero-order valence-corrected chi connectivity index (χ0v) is 9.21. The summed E-state index contributed by atoms with van der Waals surface area (Å²) in [7, 11) is 0. The molecule has 2 aliphatic rings. The minimum absolute atomic E-state index is 0.394. The molecule has 13 heavy (non-hydrogen) atoms. The number of hydrogen-bond acceptors (Lipinski definition) is 2. The molecule has 76 valence electrons. The molecule has 0 aromatic heterocycles. The van der Waals surface area contributed by atoms with E-state index in [1.807, 2.05) is 0 Å². The molecule has 2 heterocycles. The van der Waals surface area contributed by atoms with Crippen LogP contribution in [0.2, 0.25) is 0 Å². The van der Waals surface area contributed by atoms with E-state index < -0.39 is 0 Å². The summed E-state index contributed by atoms with van der Waals surface area (Å²) in [5, 5.41) is 0. The van der Waals surface area contributed by atoms with E-state index in [9.17, 15) is 0 Å². The molecule has 0 aliphatic carbocycles. The average Bonchev–Trinajstić information content (AvgIpc) is 1.76. The maximum atomic E-state index is 2.59. The highest BCUT2D eigenvalue weighted by atomic mass is 15.3. The molecule has 0 aromatic rings. The van der Waals surface area contributed by atoms with Gasteiger partial charge < -0.3 is 4.90 Å². The quantitative estimate of drug-likeness (QED) is 0.637. The minimum Gasteiger partial charge on any atom is -0.303 e. The van der Waals surface area contributed by atoms with Crippen molar-refractivity contribution in [2.75, 3.05) is 32.7 Å². The van der Waals surface area contributed by atoms with E-state index in [1.54, 1.807) is 0 Å². The first-order valence-corrected chi connectivity index (χ1v) is 5.53. The van der Waals surface area contributed by atoms with Crippen LogP contribution in [0.1, 0.15) is 27.2 Å². The van der Waals surface area contributed by atoms with Gasteiger partial charge in [0.1, 0.15) is 0 Å². The first kappa shape index (κ1) is 9.47. The second-order valence-electron chi connectivity index (χ2n) is 5.60. The number of likely N-dealkylation sites (tertiary alicyclic amines) is 2. The van der Waals surface area contributed by atoms with Crippen LogP contribution in [0.4, 0.5) is 0 Å². The van der Waals surface area contributed by atoms with Gasteiger partial charge in [-0.25, -0.2) is 0 Å². The summed E-state index contributed by atoms with van der Waals surface area (Å²) in [6.07, 6.45) is 1.43. The van der Waals surface area contributed by atoms with Gasteiger partial charge in [0.15, 0.2) is 0 Å². The van der Waals surface area contributed by atoms with E-state index in [0.717, 1.165) is 5.92 Å². The number of nitrogens with zero attached hydrogens (tertiary/aromatic N) is 2. The fourth-order valence-electron chi connectivity index (χ4n) is 2.16. The van der Waals surface area contributed by atoms with Gasteiger partial charge in [0.25, 0.3) is 0 Å². The highest BCUT2D eigenvalue weighted by Crippen LogP contribution is 2.26. The maximum absolute atomic E-state index is 2.59. The predicted molar refractivity (Wildman–Crippen MR) is 55.9 cm³/mol. The van der Waals surface area contributed by atoms with Gasteiger partial charge in [-0.3, -0.25) is 4.90 Å². The van der Waals surface area contributed by atoms with E-state index >= 15 is 0 Å². The van der Waals surface area contributed by atoms with Crippen LogP contribution in [0, 0.1) is 5.92 Å². The van der Waals surface area contributed by atoms with Crippen LogP contribution >= 0.6 is 0 Å². The lowest BCUT2D eigenvalue weighted by Crippen LogP contribution is -2.59. The molecule has 0 spiro atoms. The fourth-order valence-corrected chi connectivity index (χ4v) is 2.16. The van der Waals surface area contributed by atoms with Gasteiger partial charge in [-0.1, -0.05) is 0 Å². The van der Waals surface area contributed by atoms with Crippen LogP contribution in [0.3, 0.4) is 0 Å². The van der Waals surface area contributed by atoms with E-state index in [4.69, 9.17) is 0 Å². The van der Waals surface area contributed by atoms with Crippen molar-refractivity contribution in [3.63, 3.8) is 0 Å². The number of hydrogen-bond donors (Lipinski definition) is 0. The molecule has 2 nitrogen and oxygen atoms in total. The van der Waals surface area contributed by atoms with Gasteiger partial charge >= 0.3 is 0 Å². The zero-order chi connectivity index (χ0) is 9.47. The Balaban J connectivity index is 1.66. The van der Waals surface area contributed by atoms with Crippen LogP contribution in [-0.2, 0) is 0 Å². The topological polar surface area (TPSA) is 6.48 Å². The van der Waals surface area contributed by atoms with Crippen LogP contribution in [0.25, 0.3) is 0 Å². The predicted octanol–water partition coefficient (Wildman–Crippen LogP) is 1.42. The van der Waals surface area contributed by atoms with E-state index in [1.165, 1.54) is 39.1 Å². The highest BCUT2D eigenvalue weighted by molar-refractivity contribution is 4.90. The van der Waals surface area contributed by atoms with E-state index in [2.05, 4.69) is 30.6 Å². The van der Waals surface area contributed by atoms with Crippen molar-refractivity contribution in [2.24, 2.45) is 5.92 Å².